The van der Waals surface area contributed by atoms with Crippen LogP contribution in [0.1, 0.15) is 17.3 Å². The number of nitrogens with one attached hydrogen (secondary N) is 1. The molecule has 1 atom stereocenters. The maximum Gasteiger partial charge on any atom is 0.270 e. The van der Waals surface area contributed by atoms with Crippen LogP contribution in [0.5, 0.6) is 0 Å². The molecule has 0 aliphatic heterocycles. The summed E-state index contributed by atoms with van der Waals surface area (Å²) in [6.07, 6.45) is 0. The van der Waals surface area contributed by atoms with E-state index < -0.39 is 10.8 Å². The van der Waals surface area contributed by atoms with Crippen molar-refractivity contribution in [3.05, 3.63) is 39.9 Å². The van der Waals surface area contributed by atoms with Crippen molar-refractivity contribution in [3.8, 4) is 6.07 Å². The number of benzene rings is 1. The van der Waals surface area contributed by atoms with Gasteiger partial charge in [-0.1, -0.05) is 6.07 Å². The van der Waals surface area contributed by atoms with E-state index in [2.05, 4.69) is 5.32 Å². The van der Waals surface area contributed by atoms with Crippen LogP contribution in [0.25, 0.3) is 0 Å². The van der Waals surface area contributed by atoms with Crippen LogP contribution in [-0.4, -0.2) is 17.4 Å². The highest BCUT2D eigenvalue weighted by molar-refractivity contribution is 5.94. The minimum Gasteiger partial charge on any atom is -0.351 e. The van der Waals surface area contributed by atoms with Crippen molar-refractivity contribution in [2.75, 3.05) is 6.54 Å². The monoisotopic (exact) mass is 233 g/mol. The van der Waals surface area contributed by atoms with Gasteiger partial charge in [-0.3, -0.25) is 14.9 Å². The van der Waals surface area contributed by atoms with E-state index in [1.54, 1.807) is 6.92 Å². The number of nitriles is 1. The molecule has 1 unspecified atom stereocenters. The molecule has 1 aromatic rings. The molecule has 1 aromatic carbocycles. The van der Waals surface area contributed by atoms with Gasteiger partial charge in [-0.25, -0.2) is 0 Å². The summed E-state index contributed by atoms with van der Waals surface area (Å²) in [5, 5.41) is 21.6. The third-order valence-electron chi connectivity index (χ3n) is 2.11. The molecule has 0 aromatic heterocycles. The topological polar surface area (TPSA) is 96.0 Å². The van der Waals surface area contributed by atoms with Crippen LogP contribution in [0.3, 0.4) is 0 Å². The number of carbonyl (C=O) groups excluding carboxylic acids is 1. The lowest BCUT2D eigenvalue weighted by Crippen LogP contribution is -2.27. The molecule has 0 saturated carbocycles. The Morgan fingerprint density at radius 3 is 2.94 bits per heavy atom. The third-order valence-corrected chi connectivity index (χ3v) is 2.11. The zero-order chi connectivity index (χ0) is 12.8. The van der Waals surface area contributed by atoms with Gasteiger partial charge in [0.1, 0.15) is 0 Å². The number of carbonyl (C=O) groups is 1. The van der Waals surface area contributed by atoms with Crippen LogP contribution in [0.15, 0.2) is 24.3 Å². The normalized spacial score (nSPS) is 11.3. The van der Waals surface area contributed by atoms with Crippen molar-refractivity contribution >= 4 is 11.6 Å². The van der Waals surface area contributed by atoms with E-state index in [-0.39, 0.29) is 23.7 Å². The first kappa shape index (κ1) is 12.6. The predicted molar refractivity (Wildman–Crippen MR) is 60.2 cm³/mol. The Kier molecular flexibility index (Phi) is 4.17. The molecule has 6 heteroatoms. The fraction of sp³-hybridized carbons (Fsp3) is 0.273. The smallest absolute Gasteiger partial charge is 0.270 e. The van der Waals surface area contributed by atoms with E-state index in [0.717, 1.165) is 0 Å². The molecule has 6 nitrogen and oxygen atoms in total. The molecule has 0 aliphatic carbocycles. The molecule has 1 N–H and O–H groups in total. The molecule has 1 amide bonds. The second-order valence-electron chi connectivity index (χ2n) is 3.55. The Hall–Kier alpha value is -2.42. The molecule has 0 heterocycles. The Bertz CT molecular complexity index is 479. The number of nitro benzene ring substituents is 1. The van der Waals surface area contributed by atoms with Gasteiger partial charge in [0.05, 0.1) is 16.9 Å². The minimum absolute atomic E-state index is 0.133. The maximum atomic E-state index is 11.6. The van der Waals surface area contributed by atoms with Crippen LogP contribution in [-0.2, 0) is 0 Å². The number of amides is 1. The summed E-state index contributed by atoms with van der Waals surface area (Å²) >= 11 is 0. The van der Waals surface area contributed by atoms with E-state index in [9.17, 15) is 14.9 Å². The summed E-state index contributed by atoms with van der Waals surface area (Å²) in [5.41, 5.74) is 0.0790. The van der Waals surface area contributed by atoms with E-state index >= 15 is 0 Å². The Morgan fingerprint density at radius 1 is 1.65 bits per heavy atom. The van der Waals surface area contributed by atoms with Gasteiger partial charge in [-0.2, -0.15) is 5.26 Å². The molecule has 0 bridgehead atoms. The summed E-state index contributed by atoms with van der Waals surface area (Å²) in [6, 6.07) is 7.42. The van der Waals surface area contributed by atoms with Crippen LogP contribution >= 0.6 is 0 Å². The van der Waals surface area contributed by atoms with Crippen LogP contribution in [0, 0.1) is 27.4 Å². The summed E-state index contributed by atoms with van der Waals surface area (Å²) in [6.45, 7) is 1.89. The second-order valence-corrected chi connectivity index (χ2v) is 3.55. The van der Waals surface area contributed by atoms with Crippen molar-refractivity contribution in [2.24, 2.45) is 5.92 Å². The number of rotatable bonds is 4. The Balaban J connectivity index is 2.73. The number of nitrogens with zero attached hydrogens (tertiary/aromatic N) is 2. The van der Waals surface area contributed by atoms with Crippen molar-refractivity contribution in [2.45, 2.75) is 6.92 Å². The van der Waals surface area contributed by atoms with E-state index in [1.807, 2.05) is 6.07 Å². The highest BCUT2D eigenvalue weighted by Crippen LogP contribution is 2.12. The number of nitro groups is 1. The zero-order valence-electron chi connectivity index (χ0n) is 9.21. The van der Waals surface area contributed by atoms with Gasteiger partial charge in [0.25, 0.3) is 11.6 Å². The van der Waals surface area contributed by atoms with Crippen molar-refractivity contribution in [1.29, 1.82) is 5.26 Å². The summed E-state index contributed by atoms with van der Waals surface area (Å²) in [4.78, 5) is 21.6. The molecule has 0 fully saturated rings. The summed E-state index contributed by atoms with van der Waals surface area (Å²) in [5.74, 6) is -0.714. The Labute approximate surface area is 98.0 Å². The van der Waals surface area contributed by atoms with Gasteiger partial charge in [0.15, 0.2) is 0 Å². The van der Waals surface area contributed by atoms with Gasteiger partial charge in [0.2, 0.25) is 0 Å². The number of hydrogen-bond acceptors (Lipinski definition) is 4. The quantitative estimate of drug-likeness (QED) is 0.629. The highest BCUT2D eigenvalue weighted by Gasteiger charge is 2.11. The average Bonchev–Trinajstić information content (AvgIpc) is 2.35. The molecule has 1 rings (SSSR count). The van der Waals surface area contributed by atoms with E-state index in [0.29, 0.717) is 0 Å². The average molecular weight is 233 g/mol. The maximum absolute atomic E-state index is 11.6. The molecular weight excluding hydrogens is 222 g/mol. The Morgan fingerprint density at radius 2 is 2.35 bits per heavy atom. The minimum atomic E-state index is -0.561. The van der Waals surface area contributed by atoms with Gasteiger partial charge in [0, 0.05) is 24.2 Å². The molecular formula is C11H11N3O3. The largest absolute Gasteiger partial charge is 0.351 e. The third kappa shape index (κ3) is 3.57. The molecule has 0 aliphatic rings. The van der Waals surface area contributed by atoms with Crippen molar-refractivity contribution < 1.29 is 9.72 Å². The van der Waals surface area contributed by atoms with Gasteiger partial charge in [-0.15, -0.1) is 0 Å². The summed E-state index contributed by atoms with van der Waals surface area (Å²) in [7, 11) is 0. The van der Waals surface area contributed by atoms with Gasteiger partial charge < -0.3 is 5.32 Å². The van der Waals surface area contributed by atoms with Gasteiger partial charge >= 0.3 is 0 Å². The van der Waals surface area contributed by atoms with E-state index in [4.69, 9.17) is 5.26 Å². The first-order valence-corrected chi connectivity index (χ1v) is 4.97. The zero-order valence-corrected chi connectivity index (χ0v) is 9.21. The summed E-state index contributed by atoms with van der Waals surface area (Å²) < 4.78 is 0. The molecule has 0 spiro atoms. The molecule has 0 saturated heterocycles. The van der Waals surface area contributed by atoms with Gasteiger partial charge in [-0.05, 0) is 13.0 Å². The highest BCUT2D eigenvalue weighted by atomic mass is 16.6. The number of non-ortho nitro benzene ring substituents is 1. The van der Waals surface area contributed by atoms with Crippen LogP contribution in [0.2, 0.25) is 0 Å². The fourth-order valence-electron chi connectivity index (χ4n) is 1.15. The predicted octanol–water partition coefficient (Wildman–Crippen LogP) is 1.48. The lowest BCUT2D eigenvalue weighted by molar-refractivity contribution is -0.384. The van der Waals surface area contributed by atoms with Crippen LogP contribution < -0.4 is 5.32 Å². The fourth-order valence-corrected chi connectivity index (χ4v) is 1.15. The molecule has 88 valence electrons. The lowest BCUT2D eigenvalue weighted by Gasteiger charge is -2.05. The van der Waals surface area contributed by atoms with Crippen molar-refractivity contribution in [1.82, 2.24) is 5.32 Å². The number of hydrogen-bond donors (Lipinski definition) is 1. The van der Waals surface area contributed by atoms with Crippen molar-refractivity contribution in [3.63, 3.8) is 0 Å². The molecule has 17 heavy (non-hydrogen) atoms. The standard InChI is InChI=1S/C11H11N3O3/c1-8(6-12)7-13-11(15)9-3-2-4-10(5-9)14(16)17/h2-5,8H,7H2,1H3,(H,13,15). The lowest BCUT2D eigenvalue weighted by atomic mass is 10.1. The second kappa shape index (κ2) is 5.61. The molecule has 0 radical (unpaired) electrons. The van der Waals surface area contributed by atoms with Crippen LogP contribution in [0.4, 0.5) is 5.69 Å². The van der Waals surface area contributed by atoms with E-state index in [1.165, 1.54) is 24.3 Å². The first-order chi connectivity index (χ1) is 8.04. The first-order valence-electron chi connectivity index (χ1n) is 4.97. The SMILES string of the molecule is CC(C#N)CNC(=O)c1cccc([N+](=O)[O-])c1.